The first-order valence-corrected chi connectivity index (χ1v) is 6.67. The van der Waals surface area contributed by atoms with E-state index in [1.807, 2.05) is 15.7 Å². The fourth-order valence-corrected chi connectivity index (χ4v) is 2.37. The summed E-state index contributed by atoms with van der Waals surface area (Å²) in [5.41, 5.74) is 0. The molecule has 0 spiro atoms. The van der Waals surface area contributed by atoms with Crippen molar-refractivity contribution in [2.24, 2.45) is 0 Å². The first-order chi connectivity index (χ1) is 8.66. The van der Waals surface area contributed by atoms with Crippen LogP contribution in [0.2, 0.25) is 0 Å². The van der Waals surface area contributed by atoms with Gasteiger partial charge >= 0.3 is 0 Å². The van der Waals surface area contributed by atoms with Crippen LogP contribution in [0.15, 0.2) is 18.7 Å². The molecule has 0 radical (unpaired) electrons. The highest BCUT2D eigenvalue weighted by Gasteiger charge is 2.28. The number of carbonyl (C=O) groups excluding carboxylic acids is 1. The fourth-order valence-electron chi connectivity index (χ4n) is 2.37. The van der Waals surface area contributed by atoms with E-state index in [1.54, 1.807) is 12.5 Å². The predicted molar refractivity (Wildman–Crippen MR) is 70.1 cm³/mol. The second-order valence-electron chi connectivity index (χ2n) is 5.14. The number of nitrogens with zero attached hydrogens (tertiary/aromatic N) is 3. The van der Waals surface area contributed by atoms with E-state index in [9.17, 15) is 4.79 Å². The van der Waals surface area contributed by atoms with Gasteiger partial charge in [-0.2, -0.15) is 0 Å². The highest BCUT2D eigenvalue weighted by Crippen LogP contribution is 2.12. The van der Waals surface area contributed by atoms with E-state index in [-0.39, 0.29) is 11.9 Å². The lowest BCUT2D eigenvalue weighted by atomic mass is 10.0. The van der Waals surface area contributed by atoms with Crippen molar-refractivity contribution in [1.82, 2.24) is 19.8 Å². The first-order valence-electron chi connectivity index (χ1n) is 6.67. The number of hydrogen-bond donors (Lipinski definition) is 1. The van der Waals surface area contributed by atoms with E-state index < -0.39 is 0 Å². The Morgan fingerprint density at radius 2 is 2.33 bits per heavy atom. The minimum absolute atomic E-state index is 0.00142. The number of imidazole rings is 1. The molecule has 0 bridgehead atoms. The quantitative estimate of drug-likeness (QED) is 0.843. The predicted octanol–water partition coefficient (Wildman–Crippen LogP) is 0.872. The lowest BCUT2D eigenvalue weighted by Crippen LogP contribution is -2.52. The van der Waals surface area contributed by atoms with E-state index >= 15 is 0 Å². The first kappa shape index (κ1) is 13.1. The fraction of sp³-hybridized carbons (Fsp3) is 0.692. The molecule has 18 heavy (non-hydrogen) atoms. The number of aromatic nitrogens is 2. The molecule has 1 atom stereocenters. The van der Waals surface area contributed by atoms with E-state index in [1.165, 1.54) is 0 Å². The zero-order chi connectivity index (χ0) is 13.0. The molecule has 2 rings (SSSR count). The zero-order valence-corrected chi connectivity index (χ0v) is 11.2. The molecule has 5 nitrogen and oxygen atoms in total. The number of likely N-dealkylation sites (tertiary alicyclic amines) is 1. The van der Waals surface area contributed by atoms with Crippen LogP contribution in [0.1, 0.15) is 26.7 Å². The second-order valence-corrected chi connectivity index (χ2v) is 5.14. The van der Waals surface area contributed by atoms with Crippen LogP contribution in [0.3, 0.4) is 0 Å². The average molecular weight is 250 g/mol. The normalized spacial score (nSPS) is 20.7. The number of nitrogens with one attached hydrogen (secondary N) is 1. The van der Waals surface area contributed by atoms with Crippen LogP contribution in [0.4, 0.5) is 0 Å². The number of hydrogen-bond acceptors (Lipinski definition) is 3. The number of amides is 1. The summed E-state index contributed by atoms with van der Waals surface area (Å²) in [7, 11) is 0. The molecule has 1 N–H and O–H groups in total. The van der Waals surface area contributed by atoms with Crippen molar-refractivity contribution in [1.29, 1.82) is 0 Å². The number of carbonyl (C=O) groups is 1. The van der Waals surface area contributed by atoms with Crippen molar-refractivity contribution >= 4 is 5.91 Å². The van der Waals surface area contributed by atoms with Gasteiger partial charge in [-0.05, 0) is 12.8 Å². The van der Waals surface area contributed by atoms with Crippen LogP contribution in [0.25, 0.3) is 0 Å². The molecule has 1 amide bonds. The molecular formula is C13H22N4O. The molecular weight excluding hydrogens is 228 g/mol. The standard InChI is InChI=1S/C13H22N4O/c1-11(2)15-12-4-3-6-17(13(12)18)9-8-16-7-5-14-10-16/h5,7,10-12,15H,3-4,6,8-9H2,1-2H3. The second kappa shape index (κ2) is 6.00. The van der Waals surface area contributed by atoms with Crippen molar-refractivity contribution in [3.63, 3.8) is 0 Å². The van der Waals surface area contributed by atoms with E-state index in [2.05, 4.69) is 24.1 Å². The third kappa shape index (κ3) is 3.32. The molecule has 1 saturated heterocycles. The molecule has 1 unspecified atom stereocenters. The smallest absolute Gasteiger partial charge is 0.239 e. The summed E-state index contributed by atoms with van der Waals surface area (Å²) < 4.78 is 2.01. The van der Waals surface area contributed by atoms with Gasteiger partial charge < -0.3 is 14.8 Å². The Hall–Kier alpha value is -1.36. The van der Waals surface area contributed by atoms with E-state index in [0.717, 1.165) is 32.5 Å². The Morgan fingerprint density at radius 1 is 1.50 bits per heavy atom. The molecule has 100 valence electrons. The summed E-state index contributed by atoms with van der Waals surface area (Å²) in [6, 6.07) is 0.356. The van der Waals surface area contributed by atoms with E-state index in [4.69, 9.17) is 0 Å². The van der Waals surface area contributed by atoms with Crippen molar-refractivity contribution in [2.45, 2.75) is 45.3 Å². The molecule has 2 heterocycles. The minimum Gasteiger partial charge on any atom is -0.340 e. The molecule has 0 saturated carbocycles. The summed E-state index contributed by atoms with van der Waals surface area (Å²) in [4.78, 5) is 18.2. The van der Waals surface area contributed by atoms with Crippen LogP contribution in [0, 0.1) is 0 Å². The molecule has 1 aliphatic rings. The van der Waals surface area contributed by atoms with Gasteiger partial charge in [-0.15, -0.1) is 0 Å². The van der Waals surface area contributed by atoms with Gasteiger partial charge in [0.05, 0.1) is 12.4 Å². The molecule has 5 heteroatoms. The maximum Gasteiger partial charge on any atom is 0.239 e. The Bertz CT molecular complexity index is 374. The molecule has 0 aromatic carbocycles. The molecule has 0 aliphatic carbocycles. The number of rotatable bonds is 5. The van der Waals surface area contributed by atoms with Crippen LogP contribution in [-0.2, 0) is 11.3 Å². The lowest BCUT2D eigenvalue weighted by Gasteiger charge is -2.33. The minimum atomic E-state index is 0.00142. The van der Waals surface area contributed by atoms with E-state index in [0.29, 0.717) is 6.04 Å². The van der Waals surface area contributed by atoms with Crippen LogP contribution >= 0.6 is 0 Å². The van der Waals surface area contributed by atoms with Crippen LogP contribution in [-0.4, -0.2) is 45.5 Å². The van der Waals surface area contributed by atoms with Crippen molar-refractivity contribution < 1.29 is 4.79 Å². The SMILES string of the molecule is CC(C)NC1CCCN(CCn2ccnc2)C1=O. The highest BCUT2D eigenvalue weighted by molar-refractivity contribution is 5.82. The van der Waals surface area contributed by atoms with Gasteiger partial charge in [-0.1, -0.05) is 13.8 Å². The highest BCUT2D eigenvalue weighted by atomic mass is 16.2. The summed E-state index contributed by atoms with van der Waals surface area (Å²) in [6.45, 7) is 6.63. The third-order valence-corrected chi connectivity index (χ3v) is 3.25. The lowest BCUT2D eigenvalue weighted by molar-refractivity contribution is -0.136. The average Bonchev–Trinajstić information content (AvgIpc) is 2.83. The molecule has 1 fully saturated rings. The Labute approximate surface area is 108 Å². The summed E-state index contributed by atoms with van der Waals surface area (Å²) in [5.74, 6) is 0.245. The maximum atomic E-state index is 12.3. The van der Waals surface area contributed by atoms with Crippen LogP contribution < -0.4 is 5.32 Å². The zero-order valence-electron chi connectivity index (χ0n) is 11.2. The van der Waals surface area contributed by atoms with Gasteiger partial charge in [0.2, 0.25) is 5.91 Å². The van der Waals surface area contributed by atoms with Crippen molar-refractivity contribution in [2.75, 3.05) is 13.1 Å². The van der Waals surface area contributed by atoms with Crippen LogP contribution in [0.5, 0.6) is 0 Å². The number of piperidine rings is 1. The molecule has 1 aromatic rings. The molecule has 1 aromatic heterocycles. The Balaban J connectivity index is 1.86. The van der Waals surface area contributed by atoms with Gasteiger partial charge in [-0.25, -0.2) is 4.98 Å². The van der Waals surface area contributed by atoms with Gasteiger partial charge in [0.15, 0.2) is 0 Å². The molecule has 1 aliphatic heterocycles. The summed E-state index contributed by atoms with van der Waals surface area (Å²) in [5, 5.41) is 3.34. The summed E-state index contributed by atoms with van der Waals surface area (Å²) in [6.07, 6.45) is 7.52. The van der Waals surface area contributed by atoms with Crippen molar-refractivity contribution in [3.8, 4) is 0 Å². The summed E-state index contributed by atoms with van der Waals surface area (Å²) >= 11 is 0. The maximum absolute atomic E-state index is 12.3. The Kier molecular flexibility index (Phi) is 4.36. The topological polar surface area (TPSA) is 50.2 Å². The largest absolute Gasteiger partial charge is 0.340 e. The Morgan fingerprint density at radius 3 is 3.00 bits per heavy atom. The van der Waals surface area contributed by atoms with Gasteiger partial charge in [0, 0.05) is 38.1 Å². The monoisotopic (exact) mass is 250 g/mol. The third-order valence-electron chi connectivity index (χ3n) is 3.25. The van der Waals surface area contributed by atoms with Gasteiger partial charge in [-0.3, -0.25) is 4.79 Å². The van der Waals surface area contributed by atoms with Crippen molar-refractivity contribution in [3.05, 3.63) is 18.7 Å². The van der Waals surface area contributed by atoms with Gasteiger partial charge in [0.25, 0.3) is 0 Å². The van der Waals surface area contributed by atoms with Gasteiger partial charge in [0.1, 0.15) is 0 Å².